The molecule has 0 fully saturated rings. The van der Waals surface area contributed by atoms with Gasteiger partial charge in [0.15, 0.2) is 11.7 Å². The van der Waals surface area contributed by atoms with E-state index in [2.05, 4.69) is 10.4 Å². The molecule has 0 aromatic heterocycles. The van der Waals surface area contributed by atoms with Gasteiger partial charge in [-0.3, -0.25) is 9.59 Å². The Hall–Kier alpha value is -3.36. The quantitative estimate of drug-likeness (QED) is 0.767. The van der Waals surface area contributed by atoms with Gasteiger partial charge in [-0.05, 0) is 31.2 Å². The number of anilines is 2. The predicted octanol–water partition coefficient (Wildman–Crippen LogP) is 3.92. The molecule has 152 valence electrons. The maximum Gasteiger partial charge on any atom is 0.270 e. The smallest absolute Gasteiger partial charge is 0.270 e. The van der Waals surface area contributed by atoms with Crippen LogP contribution in [0.5, 0.6) is 5.75 Å². The number of alkyl halides is 2. The third-order valence-corrected chi connectivity index (χ3v) is 4.41. The predicted molar refractivity (Wildman–Crippen MR) is 102 cm³/mol. The summed E-state index contributed by atoms with van der Waals surface area (Å²) in [6.45, 7) is 2.20. The topological polar surface area (TPSA) is 71.0 Å². The van der Waals surface area contributed by atoms with Crippen molar-refractivity contribution in [3.63, 3.8) is 0 Å². The van der Waals surface area contributed by atoms with E-state index in [-0.39, 0.29) is 28.4 Å². The summed E-state index contributed by atoms with van der Waals surface area (Å²) in [5, 5.41) is 7.25. The van der Waals surface area contributed by atoms with Crippen LogP contribution in [0.1, 0.15) is 19.4 Å². The first-order valence-corrected chi connectivity index (χ1v) is 8.63. The molecule has 0 radical (unpaired) electrons. The van der Waals surface area contributed by atoms with E-state index in [1.807, 2.05) is 0 Å². The van der Waals surface area contributed by atoms with Crippen molar-refractivity contribution in [1.82, 2.24) is 0 Å². The molecule has 0 bridgehead atoms. The second kappa shape index (κ2) is 7.57. The highest BCUT2D eigenvalue weighted by Crippen LogP contribution is 2.31. The Bertz CT molecular complexity index is 1000. The van der Waals surface area contributed by atoms with Gasteiger partial charge in [-0.1, -0.05) is 12.1 Å². The van der Waals surface area contributed by atoms with Crippen molar-refractivity contribution < 1.29 is 27.5 Å². The number of halogens is 3. The second-order valence-corrected chi connectivity index (χ2v) is 6.60. The molecule has 6 nitrogen and oxygen atoms in total. The number of amides is 2. The molecule has 1 aliphatic rings. The van der Waals surface area contributed by atoms with Crippen LogP contribution in [-0.2, 0) is 15.5 Å². The maximum absolute atomic E-state index is 14.3. The molecule has 1 aliphatic heterocycles. The Morgan fingerprint density at radius 1 is 1.24 bits per heavy atom. The van der Waals surface area contributed by atoms with E-state index in [0.29, 0.717) is 0 Å². The van der Waals surface area contributed by atoms with E-state index in [1.165, 1.54) is 44.4 Å². The molecule has 2 amide bonds. The highest BCUT2D eigenvalue weighted by Gasteiger charge is 2.40. The van der Waals surface area contributed by atoms with Gasteiger partial charge in [-0.15, -0.1) is 0 Å². The Morgan fingerprint density at radius 3 is 2.59 bits per heavy atom. The highest BCUT2D eigenvalue weighted by atomic mass is 19.3. The lowest BCUT2D eigenvalue weighted by Crippen LogP contribution is -2.36. The molecule has 2 aromatic rings. The van der Waals surface area contributed by atoms with Crippen molar-refractivity contribution in [3.8, 4) is 5.75 Å². The molecule has 1 N–H and O–H groups in total. The second-order valence-electron chi connectivity index (χ2n) is 6.60. The Kier molecular flexibility index (Phi) is 5.32. The zero-order chi connectivity index (χ0) is 21.3. The normalized spacial score (nSPS) is 16.6. The average molecular weight is 405 g/mol. The molecule has 0 spiro atoms. The van der Waals surface area contributed by atoms with Crippen molar-refractivity contribution in [2.75, 3.05) is 17.4 Å². The van der Waals surface area contributed by atoms with Crippen LogP contribution in [0.4, 0.5) is 24.5 Å². The van der Waals surface area contributed by atoms with Gasteiger partial charge >= 0.3 is 0 Å². The van der Waals surface area contributed by atoms with Crippen LogP contribution in [0.2, 0.25) is 0 Å². The number of carbonyl (C=O) groups excluding carboxylic acids is 2. The molecular formula is C20H18F3N3O3. The first-order chi connectivity index (χ1) is 13.6. The zero-order valence-electron chi connectivity index (χ0n) is 15.9. The third kappa shape index (κ3) is 4.08. The van der Waals surface area contributed by atoms with Crippen molar-refractivity contribution in [2.24, 2.45) is 11.0 Å². The van der Waals surface area contributed by atoms with Gasteiger partial charge in [0.1, 0.15) is 11.4 Å². The van der Waals surface area contributed by atoms with Crippen LogP contribution in [-0.4, -0.2) is 24.6 Å². The molecule has 29 heavy (non-hydrogen) atoms. The third-order valence-electron chi connectivity index (χ3n) is 4.41. The number of nitrogens with zero attached hydrogens (tertiary/aromatic N) is 2. The van der Waals surface area contributed by atoms with Gasteiger partial charge in [0.2, 0.25) is 5.91 Å². The Balaban J connectivity index is 1.81. The molecule has 0 saturated heterocycles. The average Bonchev–Trinajstić information content (AvgIpc) is 2.95. The van der Waals surface area contributed by atoms with Crippen molar-refractivity contribution in [3.05, 3.63) is 53.8 Å². The fourth-order valence-corrected chi connectivity index (χ4v) is 2.91. The van der Waals surface area contributed by atoms with E-state index in [0.717, 1.165) is 24.1 Å². The lowest BCUT2D eigenvalue weighted by atomic mass is 10.0. The number of carbonyl (C=O) groups is 2. The summed E-state index contributed by atoms with van der Waals surface area (Å²) in [6, 6.07) is 9.04. The zero-order valence-corrected chi connectivity index (χ0v) is 15.9. The fourth-order valence-electron chi connectivity index (χ4n) is 2.91. The fraction of sp³-hybridized carbons (Fsp3) is 0.250. The Labute approximate surface area is 165 Å². The maximum atomic E-state index is 14.3. The van der Waals surface area contributed by atoms with E-state index < -0.39 is 29.5 Å². The number of hydrogen-bond acceptors (Lipinski definition) is 4. The summed E-state index contributed by atoms with van der Waals surface area (Å²) in [5.41, 5.74) is -0.137. The summed E-state index contributed by atoms with van der Waals surface area (Å²) in [7, 11) is 1.38. The van der Waals surface area contributed by atoms with Crippen LogP contribution in [0.25, 0.3) is 0 Å². The van der Waals surface area contributed by atoms with Crippen LogP contribution in [0, 0.1) is 11.7 Å². The van der Waals surface area contributed by atoms with E-state index >= 15 is 0 Å². The van der Waals surface area contributed by atoms with E-state index in [1.54, 1.807) is 0 Å². The summed E-state index contributed by atoms with van der Waals surface area (Å²) in [6.07, 6.45) is 0. The summed E-state index contributed by atoms with van der Waals surface area (Å²) in [5.74, 6) is -6.36. The van der Waals surface area contributed by atoms with Gasteiger partial charge in [-0.2, -0.15) is 10.1 Å². The largest absolute Gasteiger partial charge is 0.497 e. The van der Waals surface area contributed by atoms with Gasteiger partial charge in [0.05, 0.1) is 12.8 Å². The number of ether oxygens (including phenoxy) is 1. The summed E-state index contributed by atoms with van der Waals surface area (Å²) in [4.78, 5) is 25.3. The minimum atomic E-state index is -3.08. The molecule has 2 aromatic carbocycles. The standard InChI is InChI=1S/C20H18F3N3O3/c1-11-17(18(27)24-13-6-4-5-12(9-13)20(2,22)23)19(28)26(25-11)16-8-7-14(29-3)10-15(16)21/h4-10,17H,1-3H3,(H,24,27). The summed E-state index contributed by atoms with van der Waals surface area (Å²) < 4.78 is 46.2. The number of methoxy groups -OCH3 is 1. The van der Waals surface area contributed by atoms with Crippen LogP contribution < -0.4 is 15.1 Å². The van der Waals surface area contributed by atoms with Crippen molar-refractivity contribution in [2.45, 2.75) is 19.8 Å². The summed E-state index contributed by atoms with van der Waals surface area (Å²) >= 11 is 0. The molecule has 9 heteroatoms. The van der Waals surface area contributed by atoms with E-state index in [4.69, 9.17) is 4.74 Å². The number of benzene rings is 2. The Morgan fingerprint density at radius 2 is 1.97 bits per heavy atom. The number of hydrogen-bond donors (Lipinski definition) is 1. The number of hydrazone groups is 1. The molecule has 1 heterocycles. The van der Waals surface area contributed by atoms with Crippen LogP contribution in [0.15, 0.2) is 47.6 Å². The highest BCUT2D eigenvalue weighted by molar-refractivity contribution is 6.28. The molecule has 3 rings (SSSR count). The van der Waals surface area contributed by atoms with Gasteiger partial charge in [0.25, 0.3) is 11.8 Å². The monoisotopic (exact) mass is 405 g/mol. The van der Waals surface area contributed by atoms with Gasteiger partial charge < -0.3 is 10.1 Å². The number of rotatable bonds is 5. The lowest BCUT2D eigenvalue weighted by molar-refractivity contribution is -0.127. The van der Waals surface area contributed by atoms with Crippen LogP contribution in [0.3, 0.4) is 0 Å². The first kappa shape index (κ1) is 20.4. The molecule has 0 aliphatic carbocycles. The van der Waals surface area contributed by atoms with Crippen molar-refractivity contribution in [1.29, 1.82) is 0 Å². The van der Waals surface area contributed by atoms with E-state index in [9.17, 15) is 22.8 Å². The minimum Gasteiger partial charge on any atom is -0.497 e. The molecule has 1 atom stereocenters. The molecular weight excluding hydrogens is 387 g/mol. The SMILES string of the molecule is COc1ccc(N2N=C(C)C(C(=O)Nc3cccc(C(C)(F)F)c3)C2=O)c(F)c1. The first-order valence-electron chi connectivity index (χ1n) is 8.63. The van der Waals surface area contributed by atoms with Gasteiger partial charge in [0, 0.05) is 24.2 Å². The van der Waals surface area contributed by atoms with Crippen LogP contribution >= 0.6 is 0 Å². The number of nitrogens with one attached hydrogen (secondary N) is 1. The molecule has 1 unspecified atom stereocenters. The van der Waals surface area contributed by atoms with Gasteiger partial charge in [-0.25, -0.2) is 13.2 Å². The lowest BCUT2D eigenvalue weighted by Gasteiger charge is -2.16. The minimum absolute atomic E-state index is 0.115. The van der Waals surface area contributed by atoms with Crippen molar-refractivity contribution >= 4 is 28.9 Å². The molecule has 0 saturated carbocycles.